The number of nitrogens with one attached hydrogen (secondary N) is 2. The van der Waals surface area contributed by atoms with E-state index in [1.165, 1.54) is 0 Å². The molecular weight excluding hydrogens is 440 g/mol. The van der Waals surface area contributed by atoms with E-state index in [0.29, 0.717) is 28.4 Å². The van der Waals surface area contributed by atoms with E-state index in [9.17, 15) is 0 Å². The number of rotatable bonds is 5. The SMILES string of the molecule is COc1ccc(-c2noc(CNC(=S)Nc3ccc(Br)c(Cl)c3)n2)cc1. The molecule has 3 aromatic rings. The van der Waals surface area contributed by atoms with Crippen LogP contribution in [-0.2, 0) is 6.54 Å². The van der Waals surface area contributed by atoms with Gasteiger partial charge >= 0.3 is 0 Å². The van der Waals surface area contributed by atoms with Crippen LogP contribution in [0.25, 0.3) is 11.4 Å². The number of hydrogen-bond acceptors (Lipinski definition) is 5. The van der Waals surface area contributed by atoms with Gasteiger partial charge in [-0.25, -0.2) is 0 Å². The monoisotopic (exact) mass is 452 g/mol. The molecule has 0 bridgehead atoms. The van der Waals surface area contributed by atoms with Crippen LogP contribution in [0.1, 0.15) is 5.89 Å². The average Bonchev–Trinajstić information content (AvgIpc) is 3.12. The maximum atomic E-state index is 6.06. The zero-order chi connectivity index (χ0) is 18.5. The number of aromatic nitrogens is 2. The van der Waals surface area contributed by atoms with Gasteiger partial charge in [-0.3, -0.25) is 0 Å². The predicted octanol–water partition coefficient (Wildman–Crippen LogP) is 4.65. The van der Waals surface area contributed by atoms with Gasteiger partial charge in [0.25, 0.3) is 0 Å². The molecular formula is C17H14BrClN4O2S. The summed E-state index contributed by atoms with van der Waals surface area (Å²) >= 11 is 14.7. The van der Waals surface area contributed by atoms with Crippen LogP contribution in [0.4, 0.5) is 5.69 Å². The van der Waals surface area contributed by atoms with E-state index in [4.69, 9.17) is 33.1 Å². The molecule has 26 heavy (non-hydrogen) atoms. The summed E-state index contributed by atoms with van der Waals surface area (Å²) in [6.45, 7) is 0.305. The number of methoxy groups -OCH3 is 1. The van der Waals surface area contributed by atoms with Crippen LogP contribution in [0, 0.1) is 0 Å². The van der Waals surface area contributed by atoms with Crippen LogP contribution >= 0.6 is 39.7 Å². The fraction of sp³-hybridized carbons (Fsp3) is 0.118. The molecule has 0 aliphatic carbocycles. The standard InChI is InChI=1S/C17H14BrClN4O2S/c1-24-12-5-2-10(3-6-12)16-22-15(25-23-16)9-20-17(26)21-11-4-7-13(18)14(19)8-11/h2-8H,9H2,1H3,(H2,20,21,26). The summed E-state index contributed by atoms with van der Waals surface area (Å²) in [5.74, 6) is 1.69. The van der Waals surface area contributed by atoms with Crippen LogP contribution in [-0.4, -0.2) is 22.4 Å². The number of anilines is 1. The number of ether oxygens (including phenoxy) is 1. The highest BCUT2D eigenvalue weighted by Gasteiger charge is 2.09. The second-order valence-electron chi connectivity index (χ2n) is 5.18. The van der Waals surface area contributed by atoms with Crippen molar-refractivity contribution < 1.29 is 9.26 Å². The van der Waals surface area contributed by atoms with Crippen molar-refractivity contribution in [2.45, 2.75) is 6.54 Å². The van der Waals surface area contributed by atoms with Crippen molar-refractivity contribution in [3.63, 3.8) is 0 Å². The van der Waals surface area contributed by atoms with Crippen molar-refractivity contribution in [3.8, 4) is 17.1 Å². The smallest absolute Gasteiger partial charge is 0.246 e. The van der Waals surface area contributed by atoms with E-state index in [0.717, 1.165) is 21.5 Å². The van der Waals surface area contributed by atoms with Crippen LogP contribution in [0.2, 0.25) is 5.02 Å². The summed E-state index contributed by atoms with van der Waals surface area (Å²) in [5, 5.41) is 11.0. The minimum atomic E-state index is 0.305. The molecule has 9 heteroatoms. The van der Waals surface area contributed by atoms with Crippen LogP contribution in [0.15, 0.2) is 51.5 Å². The lowest BCUT2D eigenvalue weighted by molar-refractivity contribution is 0.376. The molecule has 0 spiro atoms. The second kappa shape index (κ2) is 8.48. The average molecular weight is 454 g/mol. The fourth-order valence-corrected chi connectivity index (χ4v) is 2.71. The van der Waals surface area contributed by atoms with Gasteiger partial charge in [-0.2, -0.15) is 4.98 Å². The zero-order valence-corrected chi connectivity index (χ0v) is 16.8. The summed E-state index contributed by atoms with van der Waals surface area (Å²) in [7, 11) is 1.62. The van der Waals surface area contributed by atoms with E-state index in [2.05, 4.69) is 36.7 Å². The molecule has 0 aliphatic rings. The van der Waals surface area contributed by atoms with E-state index in [-0.39, 0.29) is 0 Å². The molecule has 134 valence electrons. The van der Waals surface area contributed by atoms with Gasteiger partial charge in [0, 0.05) is 15.7 Å². The highest BCUT2D eigenvalue weighted by atomic mass is 79.9. The number of halogens is 2. The normalized spacial score (nSPS) is 10.4. The van der Waals surface area contributed by atoms with E-state index < -0.39 is 0 Å². The lowest BCUT2D eigenvalue weighted by atomic mass is 10.2. The third-order valence-corrected chi connectivity index (χ3v) is 4.87. The Bertz CT molecular complexity index is 917. The Morgan fingerprint density at radius 1 is 1.27 bits per heavy atom. The van der Waals surface area contributed by atoms with Gasteiger partial charge in [-0.1, -0.05) is 16.8 Å². The Kier molecular flexibility index (Phi) is 6.08. The minimum absolute atomic E-state index is 0.305. The molecule has 0 saturated carbocycles. The Morgan fingerprint density at radius 3 is 2.73 bits per heavy atom. The predicted molar refractivity (Wildman–Crippen MR) is 108 cm³/mol. The van der Waals surface area contributed by atoms with Crippen molar-refractivity contribution in [2.75, 3.05) is 12.4 Å². The Morgan fingerprint density at radius 2 is 2.04 bits per heavy atom. The quantitative estimate of drug-likeness (QED) is 0.545. The van der Waals surface area contributed by atoms with Gasteiger partial charge in [-0.05, 0) is 70.6 Å². The first kappa shape index (κ1) is 18.6. The summed E-state index contributed by atoms with van der Waals surface area (Å²) in [6, 6.07) is 12.9. The maximum Gasteiger partial charge on any atom is 0.246 e. The molecule has 1 aromatic heterocycles. The van der Waals surface area contributed by atoms with E-state index >= 15 is 0 Å². The van der Waals surface area contributed by atoms with Crippen molar-refractivity contribution in [3.05, 3.63) is 57.9 Å². The Balaban J connectivity index is 1.56. The molecule has 1 heterocycles. The fourth-order valence-electron chi connectivity index (χ4n) is 2.09. The topological polar surface area (TPSA) is 72.2 Å². The first-order valence-electron chi connectivity index (χ1n) is 7.52. The summed E-state index contributed by atoms with van der Waals surface area (Å²) < 4.78 is 11.2. The summed E-state index contributed by atoms with van der Waals surface area (Å²) in [5.41, 5.74) is 1.62. The molecule has 0 radical (unpaired) electrons. The molecule has 3 rings (SSSR count). The van der Waals surface area contributed by atoms with Gasteiger partial charge in [0.2, 0.25) is 11.7 Å². The highest BCUT2D eigenvalue weighted by molar-refractivity contribution is 9.10. The van der Waals surface area contributed by atoms with Crippen LogP contribution in [0.5, 0.6) is 5.75 Å². The molecule has 0 saturated heterocycles. The third kappa shape index (κ3) is 4.72. The van der Waals surface area contributed by atoms with E-state index in [1.54, 1.807) is 13.2 Å². The molecule has 2 N–H and O–H groups in total. The second-order valence-corrected chi connectivity index (χ2v) is 6.85. The lowest BCUT2D eigenvalue weighted by Crippen LogP contribution is -2.28. The van der Waals surface area contributed by atoms with Crippen molar-refractivity contribution in [2.24, 2.45) is 0 Å². The van der Waals surface area contributed by atoms with Gasteiger partial charge in [0.15, 0.2) is 5.11 Å². The van der Waals surface area contributed by atoms with E-state index in [1.807, 2.05) is 36.4 Å². The van der Waals surface area contributed by atoms with Gasteiger partial charge in [0.1, 0.15) is 5.75 Å². The summed E-state index contributed by atoms with van der Waals surface area (Å²) in [4.78, 5) is 4.34. The molecule has 0 amide bonds. The lowest BCUT2D eigenvalue weighted by Gasteiger charge is -2.09. The molecule has 0 aliphatic heterocycles. The molecule has 0 atom stereocenters. The highest BCUT2D eigenvalue weighted by Crippen LogP contribution is 2.25. The van der Waals surface area contributed by atoms with Crippen molar-refractivity contribution >= 4 is 50.5 Å². The third-order valence-electron chi connectivity index (χ3n) is 3.39. The summed E-state index contributed by atoms with van der Waals surface area (Å²) in [6.07, 6.45) is 0. The van der Waals surface area contributed by atoms with Gasteiger partial charge in [-0.15, -0.1) is 0 Å². The number of nitrogens with zero attached hydrogens (tertiary/aromatic N) is 2. The molecule has 0 fully saturated rings. The van der Waals surface area contributed by atoms with Crippen molar-refractivity contribution in [1.82, 2.24) is 15.5 Å². The number of benzene rings is 2. The molecule has 6 nitrogen and oxygen atoms in total. The van der Waals surface area contributed by atoms with Crippen LogP contribution in [0.3, 0.4) is 0 Å². The maximum absolute atomic E-state index is 6.06. The Labute approximate surface area is 169 Å². The molecule has 2 aromatic carbocycles. The Hall–Kier alpha value is -2.16. The van der Waals surface area contributed by atoms with Crippen LogP contribution < -0.4 is 15.4 Å². The largest absolute Gasteiger partial charge is 0.497 e. The zero-order valence-electron chi connectivity index (χ0n) is 13.6. The molecule has 0 unspecified atom stereocenters. The number of hydrogen-bond donors (Lipinski definition) is 2. The first-order chi connectivity index (χ1) is 12.5. The van der Waals surface area contributed by atoms with Crippen molar-refractivity contribution in [1.29, 1.82) is 0 Å². The number of thiocarbonyl (C=S) groups is 1. The minimum Gasteiger partial charge on any atom is -0.497 e. The van der Waals surface area contributed by atoms with Gasteiger partial charge in [0.05, 0.1) is 18.7 Å². The first-order valence-corrected chi connectivity index (χ1v) is 9.10. The van der Waals surface area contributed by atoms with Gasteiger partial charge < -0.3 is 19.9 Å².